The summed E-state index contributed by atoms with van der Waals surface area (Å²) in [5.74, 6) is -0.247. The summed E-state index contributed by atoms with van der Waals surface area (Å²) >= 11 is 0. The number of nitriles is 2. The first kappa shape index (κ1) is 17.4. The molecule has 0 spiro atoms. The molecule has 0 aliphatic rings. The molecule has 3 aromatic rings. The topological polar surface area (TPSA) is 158 Å². The van der Waals surface area contributed by atoms with Crippen LogP contribution in [0.15, 0.2) is 39.7 Å². The van der Waals surface area contributed by atoms with Crippen LogP contribution in [-0.2, 0) is 7.05 Å². The molecule has 0 aliphatic carbocycles. The van der Waals surface area contributed by atoms with Gasteiger partial charge in [0.05, 0.1) is 6.20 Å². The lowest BCUT2D eigenvalue weighted by molar-refractivity contribution is 0.424. The van der Waals surface area contributed by atoms with Crippen molar-refractivity contribution in [3.63, 3.8) is 0 Å². The minimum atomic E-state index is -0.646. The van der Waals surface area contributed by atoms with Gasteiger partial charge in [0.25, 0.3) is 11.5 Å². The Balaban J connectivity index is 2.18. The Morgan fingerprint density at radius 2 is 1.89 bits per heavy atom. The van der Waals surface area contributed by atoms with Crippen molar-refractivity contribution in [1.29, 1.82) is 10.5 Å². The average Bonchev–Trinajstić information content (AvgIpc) is 3.10. The SMILES string of the molecule is Cc1c(/N=N/c2c(C#N)cnn2-c2ncccn2)c(O)n(C)c(=O)c1C#N. The normalized spacial score (nSPS) is 10.7. The number of rotatable bonds is 3. The highest BCUT2D eigenvalue weighted by Gasteiger charge is 2.18. The summed E-state index contributed by atoms with van der Waals surface area (Å²) in [7, 11) is 1.31. The van der Waals surface area contributed by atoms with Gasteiger partial charge in [-0.3, -0.25) is 9.36 Å². The summed E-state index contributed by atoms with van der Waals surface area (Å²) in [4.78, 5) is 20.1. The maximum Gasteiger partial charge on any atom is 0.271 e. The van der Waals surface area contributed by atoms with Gasteiger partial charge >= 0.3 is 0 Å². The molecule has 3 rings (SSSR count). The molecule has 11 nitrogen and oxygen atoms in total. The summed E-state index contributed by atoms with van der Waals surface area (Å²) in [5.41, 5.74) is -0.605. The molecule has 1 N–H and O–H groups in total. The zero-order valence-corrected chi connectivity index (χ0v) is 14.2. The summed E-state index contributed by atoms with van der Waals surface area (Å²) in [6.45, 7) is 1.47. The second kappa shape index (κ2) is 6.85. The highest BCUT2D eigenvalue weighted by atomic mass is 16.3. The molecule has 0 amide bonds. The largest absolute Gasteiger partial charge is 0.493 e. The number of pyridine rings is 1. The second-order valence-electron chi connectivity index (χ2n) is 5.30. The Labute approximate surface area is 152 Å². The number of hydrogen-bond acceptors (Lipinski definition) is 9. The van der Waals surface area contributed by atoms with Crippen molar-refractivity contribution in [2.24, 2.45) is 17.3 Å². The van der Waals surface area contributed by atoms with Gasteiger partial charge in [-0.15, -0.1) is 10.2 Å². The quantitative estimate of drug-likeness (QED) is 0.692. The summed E-state index contributed by atoms with van der Waals surface area (Å²) in [6.07, 6.45) is 4.27. The molecule has 27 heavy (non-hydrogen) atoms. The van der Waals surface area contributed by atoms with Crippen molar-refractivity contribution >= 4 is 11.5 Å². The lowest BCUT2D eigenvalue weighted by Crippen LogP contribution is -2.20. The van der Waals surface area contributed by atoms with Crippen molar-refractivity contribution in [2.75, 3.05) is 0 Å². The van der Waals surface area contributed by atoms with Crippen molar-refractivity contribution < 1.29 is 5.11 Å². The molecule has 0 aliphatic heterocycles. The molecule has 0 unspecified atom stereocenters. The Morgan fingerprint density at radius 1 is 1.19 bits per heavy atom. The minimum absolute atomic E-state index is 0.0369. The Kier molecular flexibility index (Phi) is 4.43. The van der Waals surface area contributed by atoms with Gasteiger partial charge in [0.2, 0.25) is 5.88 Å². The molecule has 3 heterocycles. The summed E-state index contributed by atoms with van der Waals surface area (Å²) in [5, 5.41) is 40.6. The van der Waals surface area contributed by atoms with Gasteiger partial charge in [-0.05, 0) is 13.0 Å². The number of nitrogens with zero attached hydrogens (tertiary/aromatic N) is 9. The molecule has 0 saturated heterocycles. The van der Waals surface area contributed by atoms with Gasteiger partial charge in [0, 0.05) is 25.0 Å². The smallest absolute Gasteiger partial charge is 0.271 e. The van der Waals surface area contributed by atoms with Crippen LogP contribution in [0.2, 0.25) is 0 Å². The van der Waals surface area contributed by atoms with Gasteiger partial charge in [-0.1, -0.05) is 0 Å². The van der Waals surface area contributed by atoms with E-state index < -0.39 is 11.4 Å². The molecular weight excluding hydrogens is 350 g/mol. The lowest BCUT2D eigenvalue weighted by atomic mass is 10.1. The van der Waals surface area contributed by atoms with Crippen LogP contribution in [-0.4, -0.2) is 29.4 Å². The van der Waals surface area contributed by atoms with Crippen LogP contribution in [0.4, 0.5) is 11.5 Å². The molecule has 0 atom stereocenters. The first-order valence-electron chi connectivity index (χ1n) is 7.49. The standard InChI is InChI=1S/C16H11N9O2/c1-9-11(7-18)14(26)24(2)15(27)12(9)22-23-13-10(6-17)8-21-25(13)16-19-4-3-5-20-16/h3-5,8,27H,1-2H3/b23-22+. The molecule has 0 fully saturated rings. The van der Waals surface area contributed by atoms with E-state index in [1.807, 2.05) is 6.07 Å². The maximum absolute atomic E-state index is 12.0. The van der Waals surface area contributed by atoms with E-state index in [1.54, 1.807) is 12.1 Å². The fraction of sp³-hybridized carbons (Fsp3) is 0.125. The van der Waals surface area contributed by atoms with E-state index in [1.165, 1.54) is 37.2 Å². The third-order valence-electron chi connectivity index (χ3n) is 3.74. The van der Waals surface area contributed by atoms with Gasteiger partial charge in [-0.2, -0.15) is 20.3 Å². The van der Waals surface area contributed by atoms with E-state index in [2.05, 4.69) is 25.3 Å². The number of hydrogen-bond donors (Lipinski definition) is 1. The Morgan fingerprint density at radius 3 is 2.52 bits per heavy atom. The molecule has 0 saturated carbocycles. The fourth-order valence-corrected chi connectivity index (χ4v) is 2.28. The van der Waals surface area contributed by atoms with E-state index in [0.717, 1.165) is 4.57 Å². The molecule has 132 valence electrons. The van der Waals surface area contributed by atoms with Crippen molar-refractivity contribution in [2.45, 2.75) is 6.92 Å². The Bertz CT molecular complexity index is 1190. The molecular formula is C16H11N9O2. The third-order valence-corrected chi connectivity index (χ3v) is 3.74. The van der Waals surface area contributed by atoms with Crippen molar-refractivity contribution in [3.05, 3.63) is 51.7 Å². The monoisotopic (exact) mass is 361 g/mol. The minimum Gasteiger partial charge on any atom is -0.493 e. The average molecular weight is 361 g/mol. The first-order valence-corrected chi connectivity index (χ1v) is 7.49. The van der Waals surface area contributed by atoms with Crippen molar-refractivity contribution in [3.8, 4) is 24.0 Å². The maximum atomic E-state index is 12.0. The summed E-state index contributed by atoms with van der Waals surface area (Å²) < 4.78 is 2.10. The van der Waals surface area contributed by atoms with E-state index in [4.69, 9.17) is 0 Å². The number of aromatic hydroxyl groups is 1. The van der Waals surface area contributed by atoms with E-state index >= 15 is 0 Å². The summed E-state index contributed by atoms with van der Waals surface area (Å²) in [6, 6.07) is 5.34. The van der Waals surface area contributed by atoms with Gasteiger partial charge in [-0.25, -0.2) is 9.97 Å². The number of azo groups is 1. The molecule has 0 aromatic carbocycles. The van der Waals surface area contributed by atoms with Crippen LogP contribution in [0.5, 0.6) is 5.88 Å². The molecule has 11 heteroatoms. The van der Waals surface area contributed by atoms with Gasteiger partial charge < -0.3 is 5.11 Å². The molecule has 0 bridgehead atoms. The van der Waals surface area contributed by atoms with Crippen LogP contribution in [0.3, 0.4) is 0 Å². The van der Waals surface area contributed by atoms with Crippen LogP contribution < -0.4 is 5.56 Å². The van der Waals surface area contributed by atoms with E-state index in [-0.39, 0.29) is 34.1 Å². The zero-order valence-electron chi connectivity index (χ0n) is 14.2. The zero-order chi connectivity index (χ0) is 19.6. The predicted octanol–water partition coefficient (Wildman–Crippen LogP) is 1.53. The van der Waals surface area contributed by atoms with Gasteiger partial charge in [0.1, 0.15) is 23.3 Å². The van der Waals surface area contributed by atoms with Gasteiger partial charge in [0.15, 0.2) is 11.5 Å². The van der Waals surface area contributed by atoms with Crippen molar-refractivity contribution in [1.82, 2.24) is 24.3 Å². The van der Waals surface area contributed by atoms with E-state index in [0.29, 0.717) is 0 Å². The lowest BCUT2D eigenvalue weighted by Gasteiger charge is -2.08. The van der Waals surface area contributed by atoms with Crippen LogP contribution in [0.25, 0.3) is 5.95 Å². The highest BCUT2D eigenvalue weighted by Crippen LogP contribution is 2.32. The Hall–Kier alpha value is -4.38. The fourth-order valence-electron chi connectivity index (χ4n) is 2.28. The van der Waals surface area contributed by atoms with Crippen LogP contribution >= 0.6 is 0 Å². The number of aromatic nitrogens is 5. The third kappa shape index (κ3) is 2.89. The molecule has 0 radical (unpaired) electrons. The predicted molar refractivity (Wildman–Crippen MR) is 90.8 cm³/mol. The van der Waals surface area contributed by atoms with Crippen LogP contribution in [0.1, 0.15) is 16.7 Å². The molecule has 3 aromatic heterocycles. The van der Waals surface area contributed by atoms with E-state index in [9.17, 15) is 20.4 Å². The second-order valence-corrected chi connectivity index (χ2v) is 5.30. The highest BCUT2D eigenvalue weighted by molar-refractivity contribution is 5.59. The first-order chi connectivity index (χ1) is 13.0. The van der Waals surface area contributed by atoms with Crippen LogP contribution in [0, 0.1) is 29.6 Å².